The van der Waals surface area contributed by atoms with E-state index in [1.807, 2.05) is 0 Å². The van der Waals surface area contributed by atoms with E-state index < -0.39 is 6.10 Å². The Kier molecular flexibility index (Phi) is 3.05. The number of aliphatic hydroxyl groups is 1. The van der Waals surface area contributed by atoms with Gasteiger partial charge in [-0.3, -0.25) is 0 Å². The molecule has 1 aromatic heterocycles. The van der Waals surface area contributed by atoms with Crippen LogP contribution in [0.2, 0.25) is 4.34 Å². The van der Waals surface area contributed by atoms with E-state index in [4.69, 9.17) is 16.7 Å². The summed E-state index contributed by atoms with van der Waals surface area (Å²) in [7, 11) is 0. The molecule has 1 unspecified atom stereocenters. The first-order chi connectivity index (χ1) is 5.22. The summed E-state index contributed by atoms with van der Waals surface area (Å²) in [6.07, 6.45) is -0.0150. The van der Waals surface area contributed by atoms with Gasteiger partial charge >= 0.3 is 0 Å². The Morgan fingerprint density at radius 3 is 2.91 bits per heavy atom. The minimum atomic E-state index is -0.898. The third-order valence-electron chi connectivity index (χ3n) is 1.20. The average molecular weight is 191 g/mol. The van der Waals surface area contributed by atoms with E-state index in [9.17, 15) is 4.79 Å². The summed E-state index contributed by atoms with van der Waals surface area (Å²) >= 11 is 7.01. The predicted octanol–water partition coefficient (Wildman–Crippen LogP) is 1.50. The molecule has 0 amide bonds. The Labute approximate surface area is 73.4 Å². The molecule has 0 spiro atoms. The van der Waals surface area contributed by atoms with Crippen LogP contribution in [0.5, 0.6) is 0 Å². The summed E-state index contributed by atoms with van der Waals surface area (Å²) in [6.45, 7) is 0. The fraction of sp³-hybridized carbons (Fsp3) is 0.286. The highest BCUT2D eigenvalue weighted by molar-refractivity contribution is 7.16. The van der Waals surface area contributed by atoms with Gasteiger partial charge in [0.15, 0.2) is 0 Å². The first kappa shape index (κ1) is 8.71. The van der Waals surface area contributed by atoms with Crippen LogP contribution in [0.4, 0.5) is 0 Å². The minimum absolute atomic E-state index is 0.362. The summed E-state index contributed by atoms with van der Waals surface area (Å²) in [6, 6.07) is 3.55. The summed E-state index contributed by atoms with van der Waals surface area (Å²) in [5, 5.41) is 8.92. The molecule has 2 nitrogen and oxygen atoms in total. The quantitative estimate of drug-likeness (QED) is 0.734. The average Bonchev–Trinajstić information content (AvgIpc) is 2.35. The van der Waals surface area contributed by atoms with Crippen LogP contribution in [0, 0.1) is 0 Å². The summed E-state index contributed by atoms with van der Waals surface area (Å²) < 4.78 is 0.679. The fourth-order valence-electron chi connectivity index (χ4n) is 0.716. The molecule has 0 saturated carbocycles. The molecule has 1 rings (SSSR count). The van der Waals surface area contributed by atoms with E-state index in [-0.39, 0.29) is 0 Å². The summed E-state index contributed by atoms with van der Waals surface area (Å²) in [4.78, 5) is 11.0. The molecule has 1 N–H and O–H groups in total. The van der Waals surface area contributed by atoms with Crippen molar-refractivity contribution in [3.63, 3.8) is 0 Å². The van der Waals surface area contributed by atoms with Crippen LogP contribution < -0.4 is 0 Å². The second-order valence-electron chi connectivity index (χ2n) is 2.11. The molecule has 0 aliphatic carbocycles. The van der Waals surface area contributed by atoms with Crippen LogP contribution in [0.15, 0.2) is 12.1 Å². The van der Waals surface area contributed by atoms with Crippen molar-refractivity contribution in [3.05, 3.63) is 21.3 Å². The number of aliphatic hydroxyl groups excluding tert-OH is 1. The first-order valence-corrected chi connectivity index (χ1v) is 4.29. The molecule has 11 heavy (non-hydrogen) atoms. The molecule has 0 aromatic carbocycles. The van der Waals surface area contributed by atoms with Gasteiger partial charge in [-0.15, -0.1) is 11.3 Å². The molecule has 60 valence electrons. The maximum Gasteiger partial charge on any atom is 0.148 e. The van der Waals surface area contributed by atoms with Gasteiger partial charge in [0.05, 0.1) is 4.34 Å². The Morgan fingerprint density at radius 2 is 2.45 bits per heavy atom. The third kappa shape index (κ3) is 2.61. The van der Waals surface area contributed by atoms with E-state index in [1.54, 1.807) is 12.1 Å². The minimum Gasteiger partial charge on any atom is -0.385 e. The molecule has 1 heterocycles. The molecule has 0 fully saturated rings. The lowest BCUT2D eigenvalue weighted by atomic mass is 10.2. The van der Waals surface area contributed by atoms with Gasteiger partial charge in [0, 0.05) is 11.3 Å². The van der Waals surface area contributed by atoms with Crippen LogP contribution in [-0.4, -0.2) is 17.5 Å². The Balaban J connectivity index is 2.57. The lowest BCUT2D eigenvalue weighted by Crippen LogP contribution is -2.10. The zero-order chi connectivity index (χ0) is 8.27. The molecular formula is C7H7ClO2S. The molecule has 0 bridgehead atoms. The van der Waals surface area contributed by atoms with E-state index in [0.717, 1.165) is 4.88 Å². The van der Waals surface area contributed by atoms with Gasteiger partial charge in [-0.05, 0) is 12.1 Å². The number of aldehydes is 1. The van der Waals surface area contributed by atoms with Crippen molar-refractivity contribution in [1.82, 2.24) is 0 Å². The highest BCUT2D eigenvalue weighted by Gasteiger charge is 2.04. The lowest BCUT2D eigenvalue weighted by Gasteiger charge is -1.97. The second kappa shape index (κ2) is 3.85. The van der Waals surface area contributed by atoms with E-state index in [2.05, 4.69) is 0 Å². The monoisotopic (exact) mass is 190 g/mol. The summed E-state index contributed by atoms with van der Waals surface area (Å²) in [5.74, 6) is 0. The Hall–Kier alpha value is -0.380. The van der Waals surface area contributed by atoms with Crippen molar-refractivity contribution in [2.75, 3.05) is 0 Å². The highest BCUT2D eigenvalue weighted by Crippen LogP contribution is 2.22. The number of thiophene rings is 1. The van der Waals surface area contributed by atoms with Crippen LogP contribution in [0.25, 0.3) is 0 Å². The Morgan fingerprint density at radius 1 is 1.73 bits per heavy atom. The van der Waals surface area contributed by atoms with Gasteiger partial charge in [-0.1, -0.05) is 11.6 Å². The molecule has 0 aliphatic heterocycles. The lowest BCUT2D eigenvalue weighted by molar-refractivity contribution is -0.114. The zero-order valence-corrected chi connectivity index (χ0v) is 7.23. The SMILES string of the molecule is O=CC(O)Cc1ccc(Cl)s1. The predicted molar refractivity (Wildman–Crippen MR) is 45.1 cm³/mol. The van der Waals surface area contributed by atoms with Crippen LogP contribution in [0.1, 0.15) is 4.88 Å². The summed E-state index contributed by atoms with van der Waals surface area (Å²) in [5.41, 5.74) is 0. The van der Waals surface area contributed by atoms with E-state index in [0.29, 0.717) is 17.0 Å². The van der Waals surface area contributed by atoms with Crippen LogP contribution in [0.3, 0.4) is 0 Å². The van der Waals surface area contributed by atoms with Gasteiger partial charge in [0.25, 0.3) is 0 Å². The zero-order valence-electron chi connectivity index (χ0n) is 5.66. The van der Waals surface area contributed by atoms with Crippen molar-refractivity contribution in [1.29, 1.82) is 0 Å². The van der Waals surface area contributed by atoms with Crippen molar-refractivity contribution >= 4 is 29.2 Å². The van der Waals surface area contributed by atoms with Crippen molar-refractivity contribution in [2.24, 2.45) is 0 Å². The normalized spacial score (nSPS) is 12.9. The first-order valence-electron chi connectivity index (χ1n) is 3.10. The van der Waals surface area contributed by atoms with Crippen LogP contribution >= 0.6 is 22.9 Å². The van der Waals surface area contributed by atoms with Gasteiger partial charge in [-0.2, -0.15) is 0 Å². The number of hydrogen-bond donors (Lipinski definition) is 1. The molecule has 0 aliphatic rings. The molecular weight excluding hydrogens is 184 g/mol. The number of carbonyl (C=O) groups excluding carboxylic acids is 1. The van der Waals surface area contributed by atoms with Gasteiger partial charge in [0.2, 0.25) is 0 Å². The molecule has 0 saturated heterocycles. The van der Waals surface area contributed by atoms with Crippen molar-refractivity contribution < 1.29 is 9.90 Å². The molecule has 4 heteroatoms. The van der Waals surface area contributed by atoms with E-state index >= 15 is 0 Å². The van der Waals surface area contributed by atoms with Crippen LogP contribution in [-0.2, 0) is 11.2 Å². The Bertz CT molecular complexity index is 246. The maximum absolute atomic E-state index is 10.0. The van der Waals surface area contributed by atoms with Gasteiger partial charge in [0.1, 0.15) is 12.4 Å². The number of hydrogen-bond acceptors (Lipinski definition) is 3. The van der Waals surface area contributed by atoms with E-state index in [1.165, 1.54) is 11.3 Å². The fourth-order valence-corrected chi connectivity index (χ4v) is 1.85. The maximum atomic E-state index is 10.0. The molecule has 1 aromatic rings. The molecule has 1 atom stereocenters. The second-order valence-corrected chi connectivity index (χ2v) is 3.91. The smallest absolute Gasteiger partial charge is 0.148 e. The topological polar surface area (TPSA) is 37.3 Å². The largest absolute Gasteiger partial charge is 0.385 e. The molecule has 0 radical (unpaired) electrons. The highest BCUT2D eigenvalue weighted by atomic mass is 35.5. The number of carbonyl (C=O) groups is 1. The van der Waals surface area contributed by atoms with Gasteiger partial charge in [-0.25, -0.2) is 0 Å². The van der Waals surface area contributed by atoms with Crippen molar-refractivity contribution in [3.8, 4) is 0 Å². The number of rotatable bonds is 3. The number of halogens is 1. The third-order valence-corrected chi connectivity index (χ3v) is 2.45. The van der Waals surface area contributed by atoms with Gasteiger partial charge < -0.3 is 9.90 Å². The standard InChI is InChI=1S/C7H7ClO2S/c8-7-2-1-6(11-7)3-5(10)4-9/h1-2,4-5,10H,3H2. The van der Waals surface area contributed by atoms with Crippen molar-refractivity contribution in [2.45, 2.75) is 12.5 Å².